The monoisotopic (exact) mass is 243 g/mol. The summed E-state index contributed by atoms with van der Waals surface area (Å²) in [6, 6.07) is 7.63. The van der Waals surface area contributed by atoms with Crippen molar-refractivity contribution in [3.05, 3.63) is 40.4 Å². The molecule has 3 rings (SSSR count). The van der Waals surface area contributed by atoms with Gasteiger partial charge in [0.2, 0.25) is 0 Å². The van der Waals surface area contributed by atoms with E-state index in [4.69, 9.17) is 5.73 Å². The Labute approximate surface area is 102 Å². The van der Waals surface area contributed by atoms with Gasteiger partial charge in [0, 0.05) is 19.2 Å². The molecule has 0 aliphatic carbocycles. The number of rotatable bonds is 2. The standard InChI is InChI=1S/C12H13N5O/c1-17-8(6-13)5-10(16-17)7-2-3-9-11(4-7)15-12(18)14-9/h2-5H,6,13H2,1H3,(H2,14,15,18). The molecule has 6 nitrogen and oxygen atoms in total. The van der Waals surface area contributed by atoms with Crippen molar-refractivity contribution in [1.29, 1.82) is 0 Å². The molecule has 0 atom stereocenters. The Bertz CT molecular complexity index is 764. The molecule has 0 spiro atoms. The predicted molar refractivity (Wildman–Crippen MR) is 69.0 cm³/mol. The Morgan fingerprint density at radius 3 is 2.78 bits per heavy atom. The number of aromatic amines is 2. The van der Waals surface area contributed by atoms with Crippen LogP contribution >= 0.6 is 0 Å². The van der Waals surface area contributed by atoms with E-state index in [2.05, 4.69) is 15.1 Å². The highest BCUT2D eigenvalue weighted by Crippen LogP contribution is 2.21. The van der Waals surface area contributed by atoms with Gasteiger partial charge in [-0.2, -0.15) is 5.10 Å². The van der Waals surface area contributed by atoms with Gasteiger partial charge in [0.25, 0.3) is 0 Å². The van der Waals surface area contributed by atoms with E-state index in [1.807, 2.05) is 31.3 Å². The number of aromatic nitrogens is 4. The van der Waals surface area contributed by atoms with Crippen molar-refractivity contribution in [2.24, 2.45) is 12.8 Å². The molecule has 2 aromatic heterocycles. The van der Waals surface area contributed by atoms with Gasteiger partial charge in [-0.25, -0.2) is 4.79 Å². The summed E-state index contributed by atoms with van der Waals surface area (Å²) in [7, 11) is 1.86. The van der Waals surface area contributed by atoms with E-state index < -0.39 is 0 Å². The van der Waals surface area contributed by atoms with Gasteiger partial charge in [-0.3, -0.25) is 4.68 Å². The second-order valence-electron chi connectivity index (χ2n) is 4.19. The van der Waals surface area contributed by atoms with Gasteiger partial charge in [-0.15, -0.1) is 0 Å². The van der Waals surface area contributed by atoms with Crippen molar-refractivity contribution in [3.8, 4) is 11.3 Å². The van der Waals surface area contributed by atoms with E-state index in [9.17, 15) is 4.79 Å². The van der Waals surface area contributed by atoms with E-state index in [0.717, 1.165) is 28.0 Å². The lowest BCUT2D eigenvalue weighted by Gasteiger charge is -1.96. The third kappa shape index (κ3) is 1.63. The molecule has 0 amide bonds. The fraction of sp³-hybridized carbons (Fsp3) is 0.167. The van der Waals surface area contributed by atoms with Crippen molar-refractivity contribution < 1.29 is 0 Å². The quantitative estimate of drug-likeness (QED) is 0.619. The number of nitrogens with one attached hydrogen (secondary N) is 2. The molecular weight excluding hydrogens is 230 g/mol. The van der Waals surface area contributed by atoms with E-state index in [1.165, 1.54) is 0 Å². The number of hydrogen-bond donors (Lipinski definition) is 3. The zero-order chi connectivity index (χ0) is 12.7. The second kappa shape index (κ2) is 3.85. The van der Waals surface area contributed by atoms with E-state index in [0.29, 0.717) is 6.54 Å². The van der Waals surface area contributed by atoms with Gasteiger partial charge in [-0.05, 0) is 18.2 Å². The Balaban J connectivity index is 2.15. The zero-order valence-electron chi connectivity index (χ0n) is 9.90. The number of fused-ring (bicyclic) bond motifs is 1. The molecule has 0 saturated heterocycles. The fourth-order valence-corrected chi connectivity index (χ4v) is 2.03. The van der Waals surface area contributed by atoms with Gasteiger partial charge in [0.1, 0.15) is 0 Å². The predicted octanol–water partition coefficient (Wildman–Crippen LogP) is 0.715. The second-order valence-corrected chi connectivity index (χ2v) is 4.19. The maximum atomic E-state index is 11.2. The zero-order valence-corrected chi connectivity index (χ0v) is 9.90. The normalized spacial score (nSPS) is 11.2. The number of H-pyrrole nitrogens is 2. The summed E-state index contributed by atoms with van der Waals surface area (Å²) >= 11 is 0. The molecule has 18 heavy (non-hydrogen) atoms. The number of nitrogens with two attached hydrogens (primary N) is 1. The SMILES string of the molecule is Cn1nc(-c2ccc3[nH]c(=O)[nH]c3c2)cc1CN. The molecule has 2 heterocycles. The van der Waals surface area contributed by atoms with Gasteiger partial charge < -0.3 is 15.7 Å². The van der Waals surface area contributed by atoms with Crippen molar-refractivity contribution in [3.63, 3.8) is 0 Å². The average molecular weight is 243 g/mol. The molecule has 0 fully saturated rings. The largest absolute Gasteiger partial charge is 0.325 e. The Morgan fingerprint density at radius 2 is 2.06 bits per heavy atom. The molecule has 0 radical (unpaired) electrons. The summed E-state index contributed by atoms with van der Waals surface area (Å²) in [5.41, 5.74) is 9.75. The third-order valence-corrected chi connectivity index (χ3v) is 3.00. The van der Waals surface area contributed by atoms with Crippen LogP contribution in [0, 0.1) is 0 Å². The third-order valence-electron chi connectivity index (χ3n) is 3.00. The molecule has 0 bridgehead atoms. The smallest absolute Gasteiger partial charge is 0.323 e. The molecule has 0 saturated carbocycles. The lowest BCUT2D eigenvalue weighted by molar-refractivity contribution is 0.714. The first-order valence-corrected chi connectivity index (χ1v) is 5.63. The minimum absolute atomic E-state index is 0.203. The van der Waals surface area contributed by atoms with Crippen LogP contribution in [0.5, 0.6) is 0 Å². The van der Waals surface area contributed by atoms with E-state index in [-0.39, 0.29) is 5.69 Å². The molecule has 1 aromatic carbocycles. The van der Waals surface area contributed by atoms with Crippen molar-refractivity contribution in [1.82, 2.24) is 19.7 Å². The summed E-state index contributed by atoms with van der Waals surface area (Å²) in [5.74, 6) is 0. The van der Waals surface area contributed by atoms with Crippen LogP contribution in [0.25, 0.3) is 22.3 Å². The summed E-state index contributed by atoms with van der Waals surface area (Å²) < 4.78 is 1.76. The Morgan fingerprint density at radius 1 is 1.28 bits per heavy atom. The van der Waals surface area contributed by atoms with Gasteiger partial charge >= 0.3 is 5.69 Å². The number of benzene rings is 1. The van der Waals surface area contributed by atoms with E-state index in [1.54, 1.807) is 4.68 Å². The van der Waals surface area contributed by atoms with Crippen LogP contribution in [0.1, 0.15) is 5.69 Å². The van der Waals surface area contributed by atoms with Crippen molar-refractivity contribution in [2.45, 2.75) is 6.54 Å². The highest BCUT2D eigenvalue weighted by Gasteiger charge is 2.07. The van der Waals surface area contributed by atoms with Gasteiger partial charge in [0.15, 0.2) is 0 Å². The van der Waals surface area contributed by atoms with Gasteiger partial charge in [0.05, 0.1) is 22.4 Å². The van der Waals surface area contributed by atoms with Gasteiger partial charge in [-0.1, -0.05) is 6.07 Å². The number of nitrogens with zero attached hydrogens (tertiary/aromatic N) is 2. The molecular formula is C12H13N5O. The highest BCUT2D eigenvalue weighted by molar-refractivity contribution is 5.80. The first-order chi connectivity index (χ1) is 8.67. The van der Waals surface area contributed by atoms with Crippen LogP contribution in [0.3, 0.4) is 0 Å². The van der Waals surface area contributed by atoms with Crippen molar-refractivity contribution in [2.75, 3.05) is 0 Å². The molecule has 92 valence electrons. The molecule has 6 heteroatoms. The van der Waals surface area contributed by atoms with Crippen LogP contribution in [-0.4, -0.2) is 19.7 Å². The molecule has 0 unspecified atom stereocenters. The van der Waals surface area contributed by atoms with Crippen LogP contribution in [-0.2, 0) is 13.6 Å². The lowest BCUT2D eigenvalue weighted by atomic mass is 10.1. The van der Waals surface area contributed by atoms with Crippen LogP contribution in [0.4, 0.5) is 0 Å². The fourth-order valence-electron chi connectivity index (χ4n) is 2.03. The number of hydrogen-bond acceptors (Lipinski definition) is 3. The minimum Gasteiger partial charge on any atom is -0.325 e. The maximum Gasteiger partial charge on any atom is 0.323 e. The maximum absolute atomic E-state index is 11.2. The summed E-state index contributed by atoms with van der Waals surface area (Å²) in [5, 5.41) is 4.40. The van der Waals surface area contributed by atoms with Crippen LogP contribution < -0.4 is 11.4 Å². The van der Waals surface area contributed by atoms with Crippen LogP contribution in [0.15, 0.2) is 29.1 Å². The summed E-state index contributed by atoms with van der Waals surface area (Å²) in [6.45, 7) is 0.451. The molecule has 0 aliphatic rings. The first kappa shape index (κ1) is 10.8. The van der Waals surface area contributed by atoms with Crippen molar-refractivity contribution >= 4 is 11.0 Å². The first-order valence-electron chi connectivity index (χ1n) is 5.63. The number of aryl methyl sites for hydroxylation is 1. The Hall–Kier alpha value is -2.34. The average Bonchev–Trinajstić information content (AvgIpc) is 2.89. The molecule has 0 aliphatic heterocycles. The highest BCUT2D eigenvalue weighted by atomic mass is 16.1. The minimum atomic E-state index is -0.203. The molecule has 4 N–H and O–H groups in total. The van der Waals surface area contributed by atoms with Crippen LogP contribution in [0.2, 0.25) is 0 Å². The Kier molecular flexibility index (Phi) is 2.31. The topological polar surface area (TPSA) is 92.5 Å². The number of imidazole rings is 1. The summed E-state index contributed by atoms with van der Waals surface area (Å²) in [4.78, 5) is 16.6. The lowest BCUT2D eigenvalue weighted by Crippen LogP contribution is -2.03. The summed E-state index contributed by atoms with van der Waals surface area (Å²) in [6.07, 6.45) is 0. The molecule has 3 aromatic rings. The van der Waals surface area contributed by atoms with E-state index >= 15 is 0 Å².